The Balaban J connectivity index is 1.54. The molecule has 1 amide bonds. The third-order valence-electron chi connectivity index (χ3n) is 4.73. The van der Waals surface area contributed by atoms with E-state index < -0.39 is 0 Å². The number of hydrogen-bond donors (Lipinski definition) is 1. The molecule has 0 spiro atoms. The van der Waals surface area contributed by atoms with E-state index in [1.165, 1.54) is 40.4 Å². The van der Waals surface area contributed by atoms with Gasteiger partial charge in [0.25, 0.3) is 5.91 Å². The summed E-state index contributed by atoms with van der Waals surface area (Å²) in [6, 6.07) is 18.3. The van der Waals surface area contributed by atoms with Crippen molar-refractivity contribution in [3.63, 3.8) is 0 Å². The predicted molar refractivity (Wildman–Crippen MR) is 103 cm³/mol. The van der Waals surface area contributed by atoms with Gasteiger partial charge in [-0.25, -0.2) is 4.39 Å². The Kier molecular flexibility index (Phi) is 4.71. The molecule has 0 bridgehead atoms. The van der Waals surface area contributed by atoms with E-state index in [1.54, 1.807) is 11.3 Å². The number of carbonyl (C=O) groups excluding carboxylic acids is 1. The van der Waals surface area contributed by atoms with Crippen LogP contribution in [0.2, 0.25) is 0 Å². The molecule has 0 aliphatic carbocycles. The summed E-state index contributed by atoms with van der Waals surface area (Å²) in [7, 11) is 0. The van der Waals surface area contributed by atoms with Crippen molar-refractivity contribution in [2.75, 3.05) is 18.0 Å². The molecule has 1 aliphatic rings. The van der Waals surface area contributed by atoms with Crippen LogP contribution in [0.5, 0.6) is 0 Å². The Labute approximate surface area is 156 Å². The first-order chi connectivity index (χ1) is 12.7. The van der Waals surface area contributed by atoms with Crippen LogP contribution >= 0.6 is 11.3 Å². The molecule has 2 aromatic carbocycles. The molecule has 132 valence electrons. The third kappa shape index (κ3) is 3.35. The highest BCUT2D eigenvalue weighted by molar-refractivity contribution is 7.10. The molecule has 4 rings (SSSR count). The van der Waals surface area contributed by atoms with Crippen LogP contribution in [0.4, 0.5) is 10.1 Å². The highest BCUT2D eigenvalue weighted by Gasteiger charge is 2.28. The first kappa shape index (κ1) is 16.8. The van der Waals surface area contributed by atoms with Gasteiger partial charge >= 0.3 is 0 Å². The fourth-order valence-electron chi connectivity index (χ4n) is 3.43. The van der Waals surface area contributed by atoms with Gasteiger partial charge in [-0.3, -0.25) is 4.79 Å². The number of benzene rings is 2. The largest absolute Gasteiger partial charge is 0.361 e. The van der Waals surface area contributed by atoms with Crippen molar-refractivity contribution < 1.29 is 9.18 Å². The summed E-state index contributed by atoms with van der Waals surface area (Å²) >= 11 is 1.70. The van der Waals surface area contributed by atoms with Gasteiger partial charge in [0.1, 0.15) is 5.82 Å². The molecule has 0 saturated carbocycles. The van der Waals surface area contributed by atoms with Gasteiger partial charge in [-0.2, -0.15) is 0 Å². The van der Waals surface area contributed by atoms with Crippen molar-refractivity contribution >= 4 is 22.9 Å². The lowest BCUT2D eigenvalue weighted by atomic mass is 10.1. The van der Waals surface area contributed by atoms with E-state index >= 15 is 0 Å². The number of thiophene rings is 1. The van der Waals surface area contributed by atoms with Gasteiger partial charge in [0.2, 0.25) is 0 Å². The molecule has 1 aromatic heterocycles. The molecular formula is C21H19FN2OS. The van der Waals surface area contributed by atoms with Crippen LogP contribution in [-0.2, 0) is 6.42 Å². The summed E-state index contributed by atoms with van der Waals surface area (Å²) in [4.78, 5) is 16.0. The van der Waals surface area contributed by atoms with E-state index in [2.05, 4.69) is 45.9 Å². The van der Waals surface area contributed by atoms with E-state index in [9.17, 15) is 9.18 Å². The molecule has 3 nitrogen and oxygen atoms in total. The van der Waals surface area contributed by atoms with Crippen LogP contribution in [0.3, 0.4) is 0 Å². The highest BCUT2D eigenvalue weighted by atomic mass is 32.1. The average molecular weight is 366 g/mol. The Hall–Kier alpha value is -2.66. The first-order valence-electron chi connectivity index (χ1n) is 8.64. The summed E-state index contributed by atoms with van der Waals surface area (Å²) < 4.78 is 13.1. The Morgan fingerprint density at radius 3 is 2.69 bits per heavy atom. The molecule has 1 atom stereocenters. The predicted octanol–water partition coefficient (Wildman–Crippen LogP) is 4.42. The zero-order valence-corrected chi connectivity index (χ0v) is 15.0. The van der Waals surface area contributed by atoms with E-state index in [0.717, 1.165) is 13.0 Å². The van der Waals surface area contributed by atoms with Crippen LogP contribution in [0.25, 0.3) is 0 Å². The number of amides is 1. The summed E-state index contributed by atoms with van der Waals surface area (Å²) in [5.41, 5.74) is 3.05. The third-order valence-corrected chi connectivity index (χ3v) is 5.71. The number of fused-ring (bicyclic) bond motifs is 1. The second-order valence-electron chi connectivity index (χ2n) is 6.32. The maximum atomic E-state index is 13.1. The van der Waals surface area contributed by atoms with Crippen molar-refractivity contribution in [1.29, 1.82) is 0 Å². The quantitative estimate of drug-likeness (QED) is 0.725. The normalized spacial score (nSPS) is 14.1. The van der Waals surface area contributed by atoms with Gasteiger partial charge in [-0.1, -0.05) is 24.3 Å². The smallest absolute Gasteiger partial charge is 0.251 e. The zero-order chi connectivity index (χ0) is 17.9. The highest BCUT2D eigenvalue weighted by Crippen LogP contribution is 2.36. The van der Waals surface area contributed by atoms with E-state index in [1.807, 2.05) is 6.07 Å². The number of anilines is 1. The molecule has 0 fully saturated rings. The molecule has 3 aromatic rings. The minimum Gasteiger partial charge on any atom is -0.361 e. The summed E-state index contributed by atoms with van der Waals surface area (Å²) in [5, 5.41) is 5.08. The van der Waals surface area contributed by atoms with Crippen molar-refractivity contribution in [3.8, 4) is 0 Å². The Morgan fingerprint density at radius 2 is 1.92 bits per heavy atom. The number of nitrogens with one attached hydrogen (secondary N) is 1. The summed E-state index contributed by atoms with van der Waals surface area (Å²) in [5.74, 6) is -0.522. The van der Waals surface area contributed by atoms with Crippen LogP contribution < -0.4 is 10.2 Å². The van der Waals surface area contributed by atoms with E-state index in [-0.39, 0.29) is 17.8 Å². The number of halogens is 1. The monoisotopic (exact) mass is 366 g/mol. The second-order valence-corrected chi connectivity index (χ2v) is 7.30. The number of hydrogen-bond acceptors (Lipinski definition) is 3. The van der Waals surface area contributed by atoms with E-state index in [0.29, 0.717) is 12.1 Å². The summed E-state index contributed by atoms with van der Waals surface area (Å²) in [6.45, 7) is 1.44. The van der Waals surface area contributed by atoms with Crippen LogP contribution in [0.1, 0.15) is 26.8 Å². The van der Waals surface area contributed by atoms with Crippen molar-refractivity contribution in [3.05, 3.63) is 87.9 Å². The summed E-state index contributed by atoms with van der Waals surface area (Å²) in [6.07, 6.45) is 1.02. The standard InChI is InChI=1S/C21H19FN2OS/c22-17-9-7-16(8-10-17)21(25)23-14-19(20-6-3-13-26-20)24-12-11-15-4-1-2-5-18(15)24/h1-10,13,19H,11-12,14H2,(H,23,25). The molecule has 0 saturated heterocycles. The van der Waals surface area contributed by atoms with Gasteiger partial charge in [-0.05, 0) is 53.8 Å². The number of nitrogens with zero attached hydrogens (tertiary/aromatic N) is 1. The van der Waals surface area contributed by atoms with Crippen molar-refractivity contribution in [2.45, 2.75) is 12.5 Å². The van der Waals surface area contributed by atoms with E-state index in [4.69, 9.17) is 0 Å². The van der Waals surface area contributed by atoms with Crippen molar-refractivity contribution in [2.24, 2.45) is 0 Å². The molecule has 1 N–H and O–H groups in total. The molecule has 5 heteroatoms. The van der Waals surface area contributed by atoms with Gasteiger partial charge in [0, 0.05) is 29.2 Å². The van der Waals surface area contributed by atoms with Crippen LogP contribution in [0.15, 0.2) is 66.0 Å². The topological polar surface area (TPSA) is 32.3 Å². The van der Waals surface area contributed by atoms with Crippen molar-refractivity contribution in [1.82, 2.24) is 5.32 Å². The average Bonchev–Trinajstić information content (AvgIpc) is 3.33. The fraction of sp³-hybridized carbons (Fsp3) is 0.190. The maximum Gasteiger partial charge on any atom is 0.251 e. The SMILES string of the molecule is O=C(NCC(c1cccs1)N1CCc2ccccc21)c1ccc(F)cc1. The van der Waals surface area contributed by atoms with Gasteiger partial charge < -0.3 is 10.2 Å². The molecule has 26 heavy (non-hydrogen) atoms. The molecular weight excluding hydrogens is 347 g/mol. The van der Waals surface area contributed by atoms with Crippen LogP contribution in [-0.4, -0.2) is 19.0 Å². The van der Waals surface area contributed by atoms with Crippen LogP contribution in [0, 0.1) is 5.82 Å². The molecule has 0 radical (unpaired) electrons. The Bertz CT molecular complexity index is 893. The van der Waals surface area contributed by atoms with Gasteiger partial charge in [0.05, 0.1) is 6.04 Å². The lowest BCUT2D eigenvalue weighted by Crippen LogP contribution is -2.37. The first-order valence-corrected chi connectivity index (χ1v) is 9.52. The Morgan fingerprint density at radius 1 is 1.12 bits per heavy atom. The maximum absolute atomic E-state index is 13.1. The van der Waals surface area contributed by atoms with Gasteiger partial charge in [-0.15, -0.1) is 11.3 Å². The van der Waals surface area contributed by atoms with Gasteiger partial charge in [0.15, 0.2) is 0 Å². The lowest BCUT2D eigenvalue weighted by molar-refractivity contribution is 0.0951. The molecule has 1 unspecified atom stereocenters. The second kappa shape index (κ2) is 7.30. The number of para-hydroxylation sites is 1. The lowest BCUT2D eigenvalue weighted by Gasteiger charge is -2.30. The molecule has 1 aliphatic heterocycles. The molecule has 2 heterocycles. The number of rotatable bonds is 5. The minimum absolute atomic E-state index is 0.0862. The number of carbonyl (C=O) groups is 1. The zero-order valence-electron chi connectivity index (χ0n) is 14.2. The minimum atomic E-state index is -0.341. The fourth-order valence-corrected chi connectivity index (χ4v) is 4.26.